The van der Waals surface area contributed by atoms with Crippen molar-refractivity contribution in [2.45, 2.75) is 64.5 Å². The minimum atomic E-state index is 0.216. The molecule has 20 heavy (non-hydrogen) atoms. The summed E-state index contributed by atoms with van der Waals surface area (Å²) in [6.07, 6.45) is 7.35. The minimum absolute atomic E-state index is 0.216. The van der Waals surface area contributed by atoms with Crippen molar-refractivity contribution >= 4 is 17.7 Å². The van der Waals surface area contributed by atoms with E-state index < -0.39 is 0 Å². The van der Waals surface area contributed by atoms with E-state index in [2.05, 4.69) is 11.8 Å². The van der Waals surface area contributed by atoms with Crippen LogP contribution in [0.3, 0.4) is 0 Å². The summed E-state index contributed by atoms with van der Waals surface area (Å²) in [5.41, 5.74) is 0. The van der Waals surface area contributed by atoms with Crippen LogP contribution in [0, 0.1) is 11.8 Å². The number of hydrogen-bond acceptors (Lipinski definition) is 3. The summed E-state index contributed by atoms with van der Waals surface area (Å²) in [5.74, 6) is 2.93. The minimum Gasteiger partial charge on any atom is -0.396 e. The summed E-state index contributed by atoms with van der Waals surface area (Å²) in [7, 11) is 0. The molecule has 2 aliphatic rings. The van der Waals surface area contributed by atoms with Crippen LogP contribution in [0.1, 0.15) is 52.4 Å². The van der Waals surface area contributed by atoms with Crippen molar-refractivity contribution < 1.29 is 9.90 Å². The number of hydrogen-bond donors (Lipinski definition) is 1. The van der Waals surface area contributed by atoms with Gasteiger partial charge in [0, 0.05) is 18.7 Å². The average molecular weight is 299 g/mol. The summed E-state index contributed by atoms with van der Waals surface area (Å²) >= 11 is 1.68. The highest BCUT2D eigenvalue weighted by Gasteiger charge is 2.38. The zero-order valence-electron chi connectivity index (χ0n) is 12.9. The van der Waals surface area contributed by atoms with Crippen molar-refractivity contribution in [1.29, 1.82) is 0 Å². The first-order valence-corrected chi connectivity index (χ1v) is 9.27. The Kier molecular flexibility index (Phi) is 6.21. The van der Waals surface area contributed by atoms with Gasteiger partial charge < -0.3 is 10.0 Å². The summed E-state index contributed by atoms with van der Waals surface area (Å²) in [6, 6.07) is 1.04. The van der Waals surface area contributed by atoms with Gasteiger partial charge in [-0.1, -0.05) is 13.8 Å². The Labute approximate surface area is 127 Å². The van der Waals surface area contributed by atoms with Crippen LogP contribution in [0.15, 0.2) is 0 Å². The molecule has 0 saturated heterocycles. The predicted molar refractivity (Wildman–Crippen MR) is 84.9 cm³/mol. The van der Waals surface area contributed by atoms with E-state index in [9.17, 15) is 4.79 Å². The first-order chi connectivity index (χ1) is 9.61. The van der Waals surface area contributed by atoms with Crippen molar-refractivity contribution in [3.8, 4) is 0 Å². The van der Waals surface area contributed by atoms with Gasteiger partial charge in [0.25, 0.3) is 0 Å². The first kappa shape index (κ1) is 16.2. The molecular formula is C16H29NO2S. The Balaban J connectivity index is 1.80. The standard InChI is InChI=1S/C16H29NO2S/c1-12-3-5-14(6-4-12)17(15-7-8-15)16(19)11-20-10-13(2)9-18/h12-15,18H,3-11H2,1-2H3. The second-order valence-electron chi connectivity index (χ2n) is 6.75. The molecule has 1 amide bonds. The maximum atomic E-state index is 12.5. The molecular weight excluding hydrogens is 270 g/mol. The third-order valence-electron chi connectivity index (χ3n) is 4.55. The highest BCUT2D eigenvalue weighted by Crippen LogP contribution is 2.35. The molecule has 0 radical (unpaired) electrons. The molecule has 2 saturated carbocycles. The van der Waals surface area contributed by atoms with Gasteiger partial charge >= 0.3 is 0 Å². The van der Waals surface area contributed by atoms with Crippen molar-refractivity contribution in [3.63, 3.8) is 0 Å². The van der Waals surface area contributed by atoms with E-state index in [1.807, 2.05) is 6.92 Å². The fraction of sp³-hybridized carbons (Fsp3) is 0.938. The Morgan fingerprint density at radius 1 is 1.20 bits per heavy atom. The summed E-state index contributed by atoms with van der Waals surface area (Å²) < 4.78 is 0. The van der Waals surface area contributed by atoms with E-state index in [0.29, 0.717) is 23.7 Å². The summed E-state index contributed by atoms with van der Waals surface area (Å²) in [4.78, 5) is 14.7. The molecule has 1 atom stereocenters. The third kappa shape index (κ3) is 4.66. The number of nitrogens with zero attached hydrogens (tertiary/aromatic N) is 1. The zero-order chi connectivity index (χ0) is 14.5. The molecule has 1 unspecified atom stereocenters. The molecule has 0 spiro atoms. The van der Waals surface area contributed by atoms with Crippen LogP contribution in [-0.2, 0) is 4.79 Å². The van der Waals surface area contributed by atoms with Gasteiger partial charge in [-0.25, -0.2) is 0 Å². The molecule has 0 aromatic carbocycles. The van der Waals surface area contributed by atoms with Crippen LogP contribution in [0.5, 0.6) is 0 Å². The smallest absolute Gasteiger partial charge is 0.233 e. The lowest BCUT2D eigenvalue weighted by atomic mass is 9.86. The van der Waals surface area contributed by atoms with Gasteiger partial charge in [0.1, 0.15) is 0 Å². The number of aliphatic hydroxyl groups is 1. The highest BCUT2D eigenvalue weighted by atomic mass is 32.2. The summed E-state index contributed by atoms with van der Waals surface area (Å²) in [5, 5.41) is 9.03. The van der Waals surface area contributed by atoms with Crippen LogP contribution in [0.4, 0.5) is 0 Å². The molecule has 0 heterocycles. The van der Waals surface area contributed by atoms with Crippen LogP contribution in [-0.4, -0.2) is 46.1 Å². The van der Waals surface area contributed by atoms with E-state index in [1.165, 1.54) is 38.5 Å². The number of aliphatic hydroxyl groups excluding tert-OH is 1. The Hall–Kier alpha value is -0.220. The molecule has 2 rings (SSSR count). The maximum Gasteiger partial charge on any atom is 0.233 e. The molecule has 0 aromatic heterocycles. The Morgan fingerprint density at radius 2 is 1.75 bits per heavy atom. The van der Waals surface area contributed by atoms with Crippen molar-refractivity contribution in [2.75, 3.05) is 18.1 Å². The molecule has 3 nitrogen and oxygen atoms in total. The molecule has 1 N–H and O–H groups in total. The van der Waals surface area contributed by atoms with Crippen molar-refractivity contribution in [2.24, 2.45) is 11.8 Å². The van der Waals surface area contributed by atoms with Gasteiger partial charge in [0.15, 0.2) is 0 Å². The van der Waals surface area contributed by atoms with E-state index in [0.717, 1.165) is 11.7 Å². The molecule has 116 valence electrons. The normalized spacial score (nSPS) is 28.1. The molecule has 0 aliphatic heterocycles. The largest absolute Gasteiger partial charge is 0.396 e. The second kappa shape index (κ2) is 7.69. The maximum absolute atomic E-state index is 12.5. The number of amides is 1. The van der Waals surface area contributed by atoms with Gasteiger partial charge in [-0.15, -0.1) is 0 Å². The lowest BCUT2D eigenvalue weighted by Crippen LogP contribution is -2.44. The summed E-state index contributed by atoms with van der Waals surface area (Å²) in [6.45, 7) is 4.57. The van der Waals surface area contributed by atoms with Crippen LogP contribution < -0.4 is 0 Å². The number of carbonyl (C=O) groups is 1. The fourth-order valence-corrected chi connectivity index (χ4v) is 4.00. The van der Waals surface area contributed by atoms with Gasteiger partial charge in [0.05, 0.1) is 5.75 Å². The molecule has 2 aliphatic carbocycles. The Bertz CT molecular complexity index is 312. The second-order valence-corrected chi connectivity index (χ2v) is 7.78. The van der Waals surface area contributed by atoms with Gasteiger partial charge in [-0.2, -0.15) is 11.8 Å². The van der Waals surface area contributed by atoms with Gasteiger partial charge in [-0.05, 0) is 56.1 Å². The van der Waals surface area contributed by atoms with E-state index >= 15 is 0 Å². The van der Waals surface area contributed by atoms with Crippen LogP contribution in [0.25, 0.3) is 0 Å². The predicted octanol–water partition coefficient (Wildman–Crippen LogP) is 2.92. The van der Waals surface area contributed by atoms with Gasteiger partial charge in [-0.3, -0.25) is 4.79 Å². The highest BCUT2D eigenvalue weighted by molar-refractivity contribution is 7.99. The number of carbonyl (C=O) groups excluding carboxylic acids is 1. The fourth-order valence-electron chi connectivity index (χ4n) is 3.05. The third-order valence-corrected chi connectivity index (χ3v) is 5.80. The van der Waals surface area contributed by atoms with Crippen LogP contribution in [0.2, 0.25) is 0 Å². The first-order valence-electron chi connectivity index (χ1n) is 8.11. The van der Waals surface area contributed by atoms with Crippen molar-refractivity contribution in [1.82, 2.24) is 4.90 Å². The van der Waals surface area contributed by atoms with Gasteiger partial charge in [0.2, 0.25) is 5.91 Å². The zero-order valence-corrected chi connectivity index (χ0v) is 13.7. The van der Waals surface area contributed by atoms with E-state index in [-0.39, 0.29) is 12.5 Å². The molecule has 2 fully saturated rings. The molecule has 0 bridgehead atoms. The van der Waals surface area contributed by atoms with E-state index in [1.54, 1.807) is 11.8 Å². The monoisotopic (exact) mass is 299 g/mol. The van der Waals surface area contributed by atoms with Crippen molar-refractivity contribution in [3.05, 3.63) is 0 Å². The topological polar surface area (TPSA) is 40.5 Å². The molecule has 4 heteroatoms. The van der Waals surface area contributed by atoms with E-state index in [4.69, 9.17) is 5.11 Å². The molecule has 0 aromatic rings. The SMILES string of the molecule is CC1CCC(N(C(=O)CSCC(C)CO)C2CC2)CC1. The number of thioether (sulfide) groups is 1. The lowest BCUT2D eigenvalue weighted by Gasteiger charge is -2.36. The lowest BCUT2D eigenvalue weighted by molar-refractivity contribution is -0.132. The Morgan fingerprint density at radius 3 is 2.25 bits per heavy atom. The average Bonchev–Trinajstić information content (AvgIpc) is 3.25. The van der Waals surface area contributed by atoms with Crippen LogP contribution >= 0.6 is 11.8 Å². The number of rotatable bonds is 7. The quantitative estimate of drug-likeness (QED) is 0.786.